The number of carboxylic acids is 1. The summed E-state index contributed by atoms with van der Waals surface area (Å²) < 4.78 is 5.31. The number of urea groups is 1. The van der Waals surface area contributed by atoms with Crippen LogP contribution < -0.4 is 15.5 Å². The van der Waals surface area contributed by atoms with Gasteiger partial charge in [-0.2, -0.15) is 0 Å². The summed E-state index contributed by atoms with van der Waals surface area (Å²) in [6.45, 7) is 2.28. The van der Waals surface area contributed by atoms with Gasteiger partial charge in [0.2, 0.25) is 0 Å². The molecule has 0 aliphatic carbocycles. The molecule has 2 amide bonds. The number of halogens is 1. The Morgan fingerprint density at radius 3 is 2.48 bits per heavy atom. The summed E-state index contributed by atoms with van der Waals surface area (Å²) in [5.74, 6) is 4.88. The van der Waals surface area contributed by atoms with E-state index in [2.05, 4.69) is 27.5 Å². The van der Waals surface area contributed by atoms with Crippen LogP contribution >= 0.6 is 22.9 Å². The number of hydrogen-bond acceptors (Lipinski definition) is 6. The second kappa shape index (κ2) is 10.4. The van der Waals surface area contributed by atoms with Gasteiger partial charge < -0.3 is 20.1 Å². The number of carboxylic acid groups (broad SMARTS) is 1. The Balaban J connectivity index is 1.45. The molecular formula is C23H19ClN4O4S. The number of aromatic nitrogens is 1. The highest BCUT2D eigenvalue weighted by Crippen LogP contribution is 2.31. The van der Waals surface area contributed by atoms with Gasteiger partial charge in [0, 0.05) is 24.2 Å². The first-order chi connectivity index (χ1) is 16.0. The average Bonchev–Trinajstić information content (AvgIpc) is 3.24. The molecule has 0 unspecified atom stereocenters. The molecule has 168 valence electrons. The topological polar surface area (TPSA) is 104 Å². The molecule has 1 fully saturated rings. The second-order valence-corrected chi connectivity index (χ2v) is 8.35. The number of thiazole rings is 1. The van der Waals surface area contributed by atoms with Crippen molar-refractivity contribution in [3.63, 3.8) is 0 Å². The number of ether oxygens (including phenoxy) is 1. The third-order valence-electron chi connectivity index (χ3n) is 4.67. The molecular weight excluding hydrogens is 464 g/mol. The van der Waals surface area contributed by atoms with Crippen molar-refractivity contribution in [2.24, 2.45) is 0 Å². The van der Waals surface area contributed by atoms with Crippen LogP contribution in [0.15, 0.2) is 48.5 Å². The SMILES string of the molecule is O=C(Nc1ccc(C#Cc2ccccc2)cc1Cl)Nc1nc(N2CCOCC2)sc1C(=O)O. The van der Waals surface area contributed by atoms with E-state index in [1.165, 1.54) is 0 Å². The number of carbonyl (C=O) groups excluding carboxylic acids is 1. The number of hydrogen-bond donors (Lipinski definition) is 3. The van der Waals surface area contributed by atoms with E-state index in [0.29, 0.717) is 47.7 Å². The summed E-state index contributed by atoms with van der Waals surface area (Å²) in [5, 5.41) is 15.5. The minimum absolute atomic E-state index is 0.0204. The zero-order chi connectivity index (χ0) is 23.2. The molecule has 0 atom stereocenters. The van der Waals surface area contributed by atoms with E-state index >= 15 is 0 Å². The maximum atomic E-state index is 12.5. The number of carbonyl (C=O) groups is 2. The van der Waals surface area contributed by atoms with Crippen LogP contribution in [0.5, 0.6) is 0 Å². The summed E-state index contributed by atoms with van der Waals surface area (Å²) in [7, 11) is 0. The van der Waals surface area contributed by atoms with Crippen LogP contribution in [-0.2, 0) is 4.74 Å². The fraction of sp³-hybridized carbons (Fsp3) is 0.174. The number of nitrogens with zero attached hydrogens (tertiary/aromatic N) is 2. The van der Waals surface area contributed by atoms with Crippen LogP contribution in [0, 0.1) is 11.8 Å². The first kappa shape index (κ1) is 22.6. The maximum Gasteiger partial charge on any atom is 0.349 e. The molecule has 8 nitrogen and oxygen atoms in total. The zero-order valence-corrected chi connectivity index (χ0v) is 18.9. The van der Waals surface area contributed by atoms with Crippen LogP contribution in [0.25, 0.3) is 0 Å². The van der Waals surface area contributed by atoms with Gasteiger partial charge in [-0.3, -0.25) is 5.32 Å². The largest absolute Gasteiger partial charge is 0.477 e. The van der Waals surface area contributed by atoms with E-state index in [0.717, 1.165) is 16.9 Å². The molecule has 1 aromatic heterocycles. The molecule has 2 aromatic carbocycles. The van der Waals surface area contributed by atoms with Gasteiger partial charge in [-0.05, 0) is 30.3 Å². The van der Waals surface area contributed by atoms with Crippen molar-refractivity contribution in [1.82, 2.24) is 4.98 Å². The first-order valence-electron chi connectivity index (χ1n) is 10.0. The van der Waals surface area contributed by atoms with Gasteiger partial charge in [0.05, 0.1) is 23.9 Å². The lowest BCUT2D eigenvalue weighted by Crippen LogP contribution is -2.36. The van der Waals surface area contributed by atoms with Crippen molar-refractivity contribution in [3.8, 4) is 11.8 Å². The van der Waals surface area contributed by atoms with E-state index in [1.807, 2.05) is 35.2 Å². The van der Waals surface area contributed by atoms with Gasteiger partial charge in [-0.15, -0.1) is 0 Å². The highest BCUT2D eigenvalue weighted by atomic mass is 35.5. The van der Waals surface area contributed by atoms with E-state index in [-0.39, 0.29) is 10.7 Å². The third-order valence-corrected chi connectivity index (χ3v) is 6.08. The van der Waals surface area contributed by atoms with Crippen molar-refractivity contribution in [3.05, 3.63) is 69.6 Å². The van der Waals surface area contributed by atoms with E-state index in [9.17, 15) is 14.7 Å². The molecule has 2 heterocycles. The van der Waals surface area contributed by atoms with Crippen LogP contribution in [0.3, 0.4) is 0 Å². The Labute approximate surface area is 199 Å². The Bertz CT molecular complexity index is 1230. The predicted octanol–water partition coefficient (Wildman–Crippen LogP) is 4.38. The van der Waals surface area contributed by atoms with Gasteiger partial charge >= 0.3 is 12.0 Å². The van der Waals surface area contributed by atoms with Crippen LogP contribution in [-0.4, -0.2) is 48.4 Å². The molecule has 4 rings (SSSR count). The predicted molar refractivity (Wildman–Crippen MR) is 129 cm³/mol. The van der Waals surface area contributed by atoms with Crippen LogP contribution in [0.4, 0.5) is 21.4 Å². The molecule has 1 saturated heterocycles. The summed E-state index contributed by atoms with van der Waals surface area (Å²) in [6.07, 6.45) is 0. The van der Waals surface area contributed by atoms with Gasteiger partial charge in [0.1, 0.15) is 0 Å². The van der Waals surface area contributed by atoms with Crippen molar-refractivity contribution in [2.75, 3.05) is 41.8 Å². The molecule has 0 spiro atoms. The lowest BCUT2D eigenvalue weighted by molar-refractivity contribution is 0.0703. The second-order valence-electron chi connectivity index (χ2n) is 6.97. The molecule has 1 aliphatic rings. The molecule has 33 heavy (non-hydrogen) atoms. The minimum Gasteiger partial charge on any atom is -0.477 e. The number of anilines is 3. The highest BCUT2D eigenvalue weighted by molar-refractivity contribution is 7.18. The number of rotatable bonds is 4. The Morgan fingerprint density at radius 2 is 1.79 bits per heavy atom. The van der Waals surface area contributed by atoms with Crippen molar-refractivity contribution in [2.45, 2.75) is 0 Å². The van der Waals surface area contributed by atoms with Crippen molar-refractivity contribution < 1.29 is 19.4 Å². The molecule has 3 N–H and O–H groups in total. The number of benzene rings is 2. The zero-order valence-electron chi connectivity index (χ0n) is 17.3. The van der Waals surface area contributed by atoms with Crippen molar-refractivity contribution >= 4 is 51.6 Å². The van der Waals surface area contributed by atoms with E-state index < -0.39 is 12.0 Å². The lowest BCUT2D eigenvalue weighted by atomic mass is 10.1. The standard InChI is InChI=1S/C23H19ClN4O4S/c24-17-14-16(7-6-15-4-2-1-3-5-15)8-9-18(17)25-22(31)26-20-19(21(29)30)33-23(27-20)28-10-12-32-13-11-28/h1-5,8-9,14H,10-13H2,(H,29,30)(H2,25,26,31). The highest BCUT2D eigenvalue weighted by Gasteiger charge is 2.23. The number of aromatic carboxylic acids is 1. The van der Waals surface area contributed by atoms with E-state index in [4.69, 9.17) is 16.3 Å². The van der Waals surface area contributed by atoms with Crippen LogP contribution in [0.2, 0.25) is 5.02 Å². The van der Waals surface area contributed by atoms with Gasteiger partial charge in [0.25, 0.3) is 0 Å². The Hall–Kier alpha value is -3.58. The number of morpholine rings is 1. The quantitative estimate of drug-likeness (QED) is 0.477. The molecule has 1 aliphatic heterocycles. The first-order valence-corrected chi connectivity index (χ1v) is 11.2. The average molecular weight is 483 g/mol. The number of amides is 2. The lowest BCUT2D eigenvalue weighted by Gasteiger charge is -2.25. The van der Waals surface area contributed by atoms with Crippen LogP contribution in [0.1, 0.15) is 20.8 Å². The smallest absolute Gasteiger partial charge is 0.349 e. The van der Waals surface area contributed by atoms with Gasteiger partial charge in [-0.1, -0.05) is 53.0 Å². The summed E-state index contributed by atoms with van der Waals surface area (Å²) >= 11 is 7.32. The molecule has 0 bridgehead atoms. The molecule has 10 heteroatoms. The molecule has 3 aromatic rings. The minimum atomic E-state index is -1.17. The molecule has 0 radical (unpaired) electrons. The molecule has 0 saturated carbocycles. The summed E-state index contributed by atoms with van der Waals surface area (Å²) in [6, 6.07) is 13.9. The van der Waals surface area contributed by atoms with Gasteiger partial charge in [-0.25, -0.2) is 14.6 Å². The number of nitrogens with one attached hydrogen (secondary N) is 2. The van der Waals surface area contributed by atoms with Gasteiger partial charge in [0.15, 0.2) is 15.8 Å². The summed E-state index contributed by atoms with van der Waals surface area (Å²) in [4.78, 5) is 30.3. The normalized spacial score (nSPS) is 13.1. The van der Waals surface area contributed by atoms with E-state index in [1.54, 1.807) is 18.2 Å². The fourth-order valence-corrected chi connectivity index (χ4v) is 4.19. The monoisotopic (exact) mass is 482 g/mol. The summed E-state index contributed by atoms with van der Waals surface area (Å²) in [5.41, 5.74) is 1.93. The Kier molecular flexibility index (Phi) is 7.10. The fourth-order valence-electron chi connectivity index (χ4n) is 3.05. The third kappa shape index (κ3) is 5.81. The maximum absolute atomic E-state index is 12.5. The Morgan fingerprint density at radius 1 is 1.06 bits per heavy atom. The van der Waals surface area contributed by atoms with Crippen molar-refractivity contribution in [1.29, 1.82) is 0 Å².